The SMILES string of the molecule is c1ccc2c(-c3nccc4ccccc34)cncc2c1. The molecule has 0 atom stereocenters. The zero-order valence-electron chi connectivity index (χ0n) is 10.8. The van der Waals surface area contributed by atoms with E-state index in [9.17, 15) is 0 Å². The quantitative estimate of drug-likeness (QED) is 0.503. The Kier molecular flexibility index (Phi) is 2.46. The van der Waals surface area contributed by atoms with Gasteiger partial charge in [0.05, 0.1) is 5.69 Å². The molecule has 2 aromatic carbocycles. The second-order valence-electron chi connectivity index (χ2n) is 4.79. The summed E-state index contributed by atoms with van der Waals surface area (Å²) in [7, 11) is 0. The first-order valence-electron chi connectivity index (χ1n) is 6.60. The normalized spacial score (nSPS) is 11.0. The highest BCUT2D eigenvalue weighted by Crippen LogP contribution is 2.31. The van der Waals surface area contributed by atoms with Crippen LogP contribution in [0.4, 0.5) is 0 Å². The van der Waals surface area contributed by atoms with Crippen molar-refractivity contribution in [2.75, 3.05) is 0 Å². The molecule has 20 heavy (non-hydrogen) atoms. The van der Waals surface area contributed by atoms with Crippen molar-refractivity contribution >= 4 is 21.5 Å². The van der Waals surface area contributed by atoms with Gasteiger partial charge in [0.15, 0.2) is 0 Å². The van der Waals surface area contributed by atoms with Crippen molar-refractivity contribution in [3.8, 4) is 11.3 Å². The number of hydrogen-bond donors (Lipinski definition) is 0. The Morgan fingerprint density at radius 1 is 0.650 bits per heavy atom. The van der Waals surface area contributed by atoms with E-state index >= 15 is 0 Å². The van der Waals surface area contributed by atoms with E-state index < -0.39 is 0 Å². The third-order valence-electron chi connectivity index (χ3n) is 3.60. The molecule has 0 fully saturated rings. The number of rotatable bonds is 1. The fourth-order valence-corrected chi connectivity index (χ4v) is 2.64. The second-order valence-corrected chi connectivity index (χ2v) is 4.79. The molecule has 0 aliphatic rings. The molecule has 0 bridgehead atoms. The van der Waals surface area contributed by atoms with E-state index in [-0.39, 0.29) is 0 Å². The lowest BCUT2D eigenvalue weighted by atomic mass is 10.0. The van der Waals surface area contributed by atoms with E-state index in [1.807, 2.05) is 42.9 Å². The summed E-state index contributed by atoms with van der Waals surface area (Å²) in [4.78, 5) is 8.94. The summed E-state index contributed by atoms with van der Waals surface area (Å²) in [5.41, 5.74) is 2.08. The Bertz CT molecular complexity index is 825. The van der Waals surface area contributed by atoms with Crippen LogP contribution in [0.25, 0.3) is 32.8 Å². The molecular weight excluding hydrogens is 244 g/mol. The van der Waals surface area contributed by atoms with Crippen LogP contribution in [0, 0.1) is 0 Å². The molecule has 4 aromatic rings. The van der Waals surface area contributed by atoms with Crippen molar-refractivity contribution < 1.29 is 0 Å². The number of benzene rings is 2. The molecule has 0 spiro atoms. The summed E-state index contributed by atoms with van der Waals surface area (Å²) < 4.78 is 0. The zero-order chi connectivity index (χ0) is 13.4. The van der Waals surface area contributed by atoms with Gasteiger partial charge in [0.2, 0.25) is 0 Å². The Morgan fingerprint density at radius 2 is 1.40 bits per heavy atom. The topological polar surface area (TPSA) is 25.8 Å². The molecule has 4 rings (SSSR count). The van der Waals surface area contributed by atoms with Crippen LogP contribution in [0.3, 0.4) is 0 Å². The molecule has 0 amide bonds. The van der Waals surface area contributed by atoms with Gasteiger partial charge in [-0.25, -0.2) is 0 Å². The average molecular weight is 256 g/mol. The molecule has 0 aliphatic carbocycles. The summed E-state index contributed by atoms with van der Waals surface area (Å²) in [6.07, 6.45) is 5.65. The van der Waals surface area contributed by atoms with Gasteiger partial charge in [0.25, 0.3) is 0 Å². The van der Waals surface area contributed by atoms with E-state index in [1.54, 1.807) is 0 Å². The van der Waals surface area contributed by atoms with Gasteiger partial charge in [-0.2, -0.15) is 0 Å². The Balaban J connectivity index is 2.12. The van der Waals surface area contributed by atoms with Crippen LogP contribution in [0.2, 0.25) is 0 Å². The fraction of sp³-hybridized carbons (Fsp3) is 0. The molecule has 0 unspecified atom stereocenters. The van der Waals surface area contributed by atoms with Crippen molar-refractivity contribution in [2.45, 2.75) is 0 Å². The van der Waals surface area contributed by atoms with Crippen molar-refractivity contribution in [1.82, 2.24) is 9.97 Å². The number of fused-ring (bicyclic) bond motifs is 2. The lowest BCUT2D eigenvalue weighted by molar-refractivity contribution is 1.32. The van der Waals surface area contributed by atoms with Gasteiger partial charge in [0, 0.05) is 34.9 Å². The van der Waals surface area contributed by atoms with Crippen molar-refractivity contribution in [2.24, 2.45) is 0 Å². The highest BCUT2D eigenvalue weighted by Gasteiger charge is 2.08. The lowest BCUT2D eigenvalue weighted by Gasteiger charge is -2.08. The maximum Gasteiger partial charge on any atom is 0.0802 e. The van der Waals surface area contributed by atoms with Gasteiger partial charge in [-0.15, -0.1) is 0 Å². The third kappa shape index (κ3) is 1.66. The van der Waals surface area contributed by atoms with E-state index in [0.717, 1.165) is 22.0 Å². The van der Waals surface area contributed by atoms with Crippen LogP contribution in [-0.4, -0.2) is 9.97 Å². The summed E-state index contributed by atoms with van der Waals surface area (Å²) >= 11 is 0. The first-order chi connectivity index (χ1) is 9.93. The molecule has 2 nitrogen and oxygen atoms in total. The molecule has 0 aliphatic heterocycles. The van der Waals surface area contributed by atoms with Crippen molar-refractivity contribution in [3.05, 3.63) is 73.2 Å². The Morgan fingerprint density at radius 3 is 2.30 bits per heavy atom. The van der Waals surface area contributed by atoms with Crippen LogP contribution in [0.1, 0.15) is 0 Å². The Labute approximate surface area is 116 Å². The van der Waals surface area contributed by atoms with Crippen molar-refractivity contribution in [1.29, 1.82) is 0 Å². The predicted molar refractivity (Wildman–Crippen MR) is 82.5 cm³/mol. The molecule has 0 radical (unpaired) electrons. The zero-order valence-corrected chi connectivity index (χ0v) is 10.8. The summed E-state index contributed by atoms with van der Waals surface area (Å²) in [5.74, 6) is 0. The number of aromatic nitrogens is 2. The second kappa shape index (κ2) is 4.42. The van der Waals surface area contributed by atoms with Crippen LogP contribution >= 0.6 is 0 Å². The minimum absolute atomic E-state index is 0.993. The van der Waals surface area contributed by atoms with Crippen LogP contribution in [0.15, 0.2) is 73.2 Å². The molecule has 0 N–H and O–H groups in total. The molecular formula is C18H12N2. The van der Waals surface area contributed by atoms with Crippen LogP contribution in [-0.2, 0) is 0 Å². The standard InChI is InChI=1S/C18H12N2/c1-4-8-16-13(5-1)9-10-20-18(16)17-12-19-11-14-6-2-3-7-15(14)17/h1-12H. The van der Waals surface area contributed by atoms with E-state index in [2.05, 4.69) is 40.3 Å². The first kappa shape index (κ1) is 11.1. The van der Waals surface area contributed by atoms with E-state index in [0.29, 0.717) is 0 Å². The smallest absolute Gasteiger partial charge is 0.0802 e. The molecule has 2 heteroatoms. The van der Waals surface area contributed by atoms with Gasteiger partial charge in [-0.3, -0.25) is 9.97 Å². The third-order valence-corrected chi connectivity index (χ3v) is 3.60. The van der Waals surface area contributed by atoms with Gasteiger partial charge in [-0.05, 0) is 16.8 Å². The van der Waals surface area contributed by atoms with Crippen molar-refractivity contribution in [3.63, 3.8) is 0 Å². The van der Waals surface area contributed by atoms with Crippen LogP contribution < -0.4 is 0 Å². The van der Waals surface area contributed by atoms with Gasteiger partial charge in [0.1, 0.15) is 0 Å². The average Bonchev–Trinajstić information content (AvgIpc) is 2.54. The highest BCUT2D eigenvalue weighted by molar-refractivity contribution is 6.03. The van der Waals surface area contributed by atoms with E-state index in [4.69, 9.17) is 0 Å². The minimum Gasteiger partial charge on any atom is -0.263 e. The number of nitrogens with zero attached hydrogens (tertiary/aromatic N) is 2. The van der Waals surface area contributed by atoms with E-state index in [1.165, 1.54) is 10.8 Å². The molecule has 0 saturated carbocycles. The first-order valence-corrected chi connectivity index (χ1v) is 6.60. The summed E-state index contributed by atoms with van der Waals surface area (Å²) in [5, 5.41) is 4.68. The van der Waals surface area contributed by atoms with Gasteiger partial charge in [-0.1, -0.05) is 48.5 Å². The lowest BCUT2D eigenvalue weighted by Crippen LogP contribution is -1.88. The number of pyridine rings is 2. The van der Waals surface area contributed by atoms with Gasteiger partial charge < -0.3 is 0 Å². The van der Waals surface area contributed by atoms with Gasteiger partial charge >= 0.3 is 0 Å². The summed E-state index contributed by atoms with van der Waals surface area (Å²) in [6, 6.07) is 18.6. The number of hydrogen-bond acceptors (Lipinski definition) is 2. The fourth-order valence-electron chi connectivity index (χ4n) is 2.64. The maximum atomic E-state index is 4.59. The molecule has 0 saturated heterocycles. The molecule has 2 heterocycles. The largest absolute Gasteiger partial charge is 0.263 e. The monoisotopic (exact) mass is 256 g/mol. The maximum absolute atomic E-state index is 4.59. The highest BCUT2D eigenvalue weighted by atomic mass is 14.7. The molecule has 94 valence electrons. The molecule has 2 aromatic heterocycles. The predicted octanol–water partition coefficient (Wildman–Crippen LogP) is 4.45. The van der Waals surface area contributed by atoms with Crippen LogP contribution in [0.5, 0.6) is 0 Å². The Hall–Kier alpha value is -2.74. The minimum atomic E-state index is 0.993. The summed E-state index contributed by atoms with van der Waals surface area (Å²) in [6.45, 7) is 0.